The Bertz CT molecular complexity index is 498. The van der Waals surface area contributed by atoms with Crippen LogP contribution in [-0.2, 0) is 0 Å². The van der Waals surface area contributed by atoms with Crippen LogP contribution in [0.25, 0.3) is 0 Å². The lowest BCUT2D eigenvalue weighted by Crippen LogP contribution is -2.38. The lowest BCUT2D eigenvalue weighted by Gasteiger charge is -2.12. The molecule has 2 aliphatic rings. The Balaban J connectivity index is 1.67. The summed E-state index contributed by atoms with van der Waals surface area (Å²) in [6.07, 6.45) is 4.91. The van der Waals surface area contributed by atoms with Crippen molar-refractivity contribution in [1.82, 2.24) is 9.88 Å². The number of aromatic nitrogens is 1. The second-order valence-corrected chi connectivity index (χ2v) is 6.10. The van der Waals surface area contributed by atoms with Crippen molar-refractivity contribution >= 4 is 5.91 Å². The molecule has 2 saturated carbocycles. The maximum Gasteiger partial charge on any atom is 0.253 e. The molecule has 1 atom stereocenters. The molecule has 4 nitrogen and oxygen atoms in total. The normalized spacial score (nSPS) is 20.4. The number of nitrogens with zero attached hydrogens (tertiary/aromatic N) is 1. The Hall–Kier alpha value is -1.29. The summed E-state index contributed by atoms with van der Waals surface area (Å²) in [6, 6.07) is 2.75. The second kappa shape index (κ2) is 4.67. The van der Waals surface area contributed by atoms with Crippen molar-refractivity contribution in [3.05, 3.63) is 23.0 Å². The molecule has 1 amide bonds. The van der Waals surface area contributed by atoms with Crippen LogP contribution in [0.1, 0.15) is 53.5 Å². The number of carbonyl (C=O) groups is 1. The first-order chi connectivity index (χ1) is 9.08. The third-order valence-corrected chi connectivity index (χ3v) is 4.37. The molecule has 19 heavy (non-hydrogen) atoms. The van der Waals surface area contributed by atoms with Gasteiger partial charge in [-0.1, -0.05) is 0 Å². The summed E-state index contributed by atoms with van der Waals surface area (Å²) in [5.74, 6) is 0.648. The predicted octanol–water partition coefficient (Wildman–Crippen LogP) is 1.91. The van der Waals surface area contributed by atoms with Crippen molar-refractivity contribution in [2.24, 2.45) is 11.7 Å². The molecule has 3 N–H and O–H groups in total. The molecule has 1 aromatic rings. The number of amides is 1. The monoisotopic (exact) mass is 261 g/mol. The van der Waals surface area contributed by atoms with Gasteiger partial charge >= 0.3 is 0 Å². The zero-order valence-corrected chi connectivity index (χ0v) is 11.8. The molecule has 0 radical (unpaired) electrons. The fraction of sp³-hybridized carbons (Fsp3) is 0.667. The van der Waals surface area contributed by atoms with Crippen LogP contribution >= 0.6 is 0 Å². The second-order valence-electron chi connectivity index (χ2n) is 6.10. The summed E-state index contributed by atoms with van der Waals surface area (Å²) in [5, 5.41) is 2.98. The van der Waals surface area contributed by atoms with Crippen LogP contribution in [0.5, 0.6) is 0 Å². The molecule has 1 heterocycles. The van der Waals surface area contributed by atoms with Crippen molar-refractivity contribution in [2.75, 3.05) is 6.54 Å². The summed E-state index contributed by atoms with van der Waals surface area (Å²) in [7, 11) is 0. The zero-order chi connectivity index (χ0) is 13.6. The van der Waals surface area contributed by atoms with Crippen molar-refractivity contribution in [3.63, 3.8) is 0 Å². The first-order valence-electron chi connectivity index (χ1n) is 7.30. The predicted molar refractivity (Wildman–Crippen MR) is 75.2 cm³/mol. The highest BCUT2D eigenvalue weighted by Crippen LogP contribution is 2.38. The largest absolute Gasteiger partial charge is 0.350 e. The maximum absolute atomic E-state index is 12.2. The SMILES string of the molecule is Cc1cc(C(=O)NCC(N)C2CC2)c(C)n1C1CC1. The van der Waals surface area contributed by atoms with Gasteiger partial charge in [-0.25, -0.2) is 0 Å². The van der Waals surface area contributed by atoms with E-state index in [9.17, 15) is 4.79 Å². The minimum atomic E-state index is 0.0242. The van der Waals surface area contributed by atoms with E-state index in [1.54, 1.807) is 0 Å². The smallest absolute Gasteiger partial charge is 0.253 e. The van der Waals surface area contributed by atoms with Crippen LogP contribution in [0, 0.1) is 19.8 Å². The van der Waals surface area contributed by atoms with Gasteiger partial charge < -0.3 is 15.6 Å². The van der Waals surface area contributed by atoms with Gasteiger partial charge in [0.05, 0.1) is 5.56 Å². The highest BCUT2D eigenvalue weighted by Gasteiger charge is 2.30. The number of nitrogens with two attached hydrogens (primary N) is 1. The van der Waals surface area contributed by atoms with E-state index in [4.69, 9.17) is 5.73 Å². The third kappa shape index (κ3) is 2.54. The highest BCUT2D eigenvalue weighted by molar-refractivity contribution is 5.95. The van der Waals surface area contributed by atoms with Gasteiger partial charge in [0.1, 0.15) is 0 Å². The number of aryl methyl sites for hydroxylation is 1. The van der Waals surface area contributed by atoms with Crippen molar-refractivity contribution in [2.45, 2.75) is 51.6 Å². The molecule has 1 unspecified atom stereocenters. The molecule has 0 aromatic carbocycles. The Labute approximate surface area is 114 Å². The van der Waals surface area contributed by atoms with Crippen molar-refractivity contribution in [1.29, 1.82) is 0 Å². The van der Waals surface area contributed by atoms with Crippen LogP contribution in [-0.4, -0.2) is 23.1 Å². The molecule has 2 fully saturated rings. The summed E-state index contributed by atoms with van der Waals surface area (Å²) < 4.78 is 2.30. The topological polar surface area (TPSA) is 60.1 Å². The van der Waals surface area contributed by atoms with Gasteiger partial charge in [0, 0.05) is 30.0 Å². The first kappa shape index (κ1) is 12.7. The maximum atomic E-state index is 12.2. The van der Waals surface area contributed by atoms with Gasteiger partial charge in [-0.2, -0.15) is 0 Å². The minimum absolute atomic E-state index is 0.0242. The number of rotatable bonds is 5. The fourth-order valence-corrected chi connectivity index (χ4v) is 2.90. The lowest BCUT2D eigenvalue weighted by molar-refractivity contribution is 0.0949. The van der Waals surface area contributed by atoms with Crippen LogP contribution in [0.3, 0.4) is 0 Å². The Morgan fingerprint density at radius 2 is 2.11 bits per heavy atom. The summed E-state index contributed by atoms with van der Waals surface area (Å²) >= 11 is 0. The van der Waals surface area contributed by atoms with E-state index < -0.39 is 0 Å². The molecule has 0 saturated heterocycles. The van der Waals surface area contributed by atoms with Crippen LogP contribution in [0.4, 0.5) is 0 Å². The molecule has 4 heteroatoms. The molecular formula is C15H23N3O. The Kier molecular flexibility index (Phi) is 3.13. The van der Waals surface area contributed by atoms with Gasteiger partial charge in [0.15, 0.2) is 0 Å². The molecule has 0 aliphatic heterocycles. The summed E-state index contributed by atoms with van der Waals surface area (Å²) in [5.41, 5.74) is 9.12. The Morgan fingerprint density at radius 3 is 2.68 bits per heavy atom. The molecule has 3 rings (SSSR count). The molecule has 2 aliphatic carbocycles. The summed E-state index contributed by atoms with van der Waals surface area (Å²) in [4.78, 5) is 12.2. The Morgan fingerprint density at radius 1 is 1.42 bits per heavy atom. The standard InChI is InChI=1S/C15H23N3O/c1-9-7-13(10(2)18(9)12-5-6-12)15(19)17-8-14(16)11-3-4-11/h7,11-12,14H,3-6,8,16H2,1-2H3,(H,17,19). The van der Waals surface area contributed by atoms with E-state index in [2.05, 4.69) is 16.8 Å². The van der Waals surface area contributed by atoms with E-state index in [0.29, 0.717) is 18.5 Å². The lowest BCUT2D eigenvalue weighted by atomic mass is 10.2. The number of hydrogen-bond donors (Lipinski definition) is 2. The summed E-state index contributed by atoms with van der Waals surface area (Å²) in [6.45, 7) is 4.72. The van der Waals surface area contributed by atoms with E-state index in [0.717, 1.165) is 11.3 Å². The number of carbonyl (C=O) groups excluding carboxylic acids is 1. The van der Waals surface area contributed by atoms with E-state index in [-0.39, 0.29) is 11.9 Å². The molecule has 0 spiro atoms. The minimum Gasteiger partial charge on any atom is -0.350 e. The number of nitrogens with one attached hydrogen (secondary N) is 1. The molecular weight excluding hydrogens is 238 g/mol. The van der Waals surface area contributed by atoms with Crippen LogP contribution in [0.2, 0.25) is 0 Å². The van der Waals surface area contributed by atoms with E-state index in [1.807, 2.05) is 13.0 Å². The average Bonchev–Trinajstić information content (AvgIpc) is 3.25. The van der Waals surface area contributed by atoms with E-state index >= 15 is 0 Å². The highest BCUT2D eigenvalue weighted by atomic mass is 16.1. The van der Waals surface area contributed by atoms with Gasteiger partial charge in [-0.15, -0.1) is 0 Å². The third-order valence-electron chi connectivity index (χ3n) is 4.37. The quantitative estimate of drug-likeness (QED) is 0.850. The van der Waals surface area contributed by atoms with Gasteiger partial charge in [0.2, 0.25) is 0 Å². The van der Waals surface area contributed by atoms with Gasteiger partial charge in [-0.05, 0) is 51.5 Å². The molecule has 0 bridgehead atoms. The first-order valence-corrected chi connectivity index (χ1v) is 7.30. The number of hydrogen-bond acceptors (Lipinski definition) is 2. The van der Waals surface area contributed by atoms with Crippen molar-refractivity contribution < 1.29 is 4.79 Å². The van der Waals surface area contributed by atoms with Gasteiger partial charge in [0.25, 0.3) is 5.91 Å². The van der Waals surface area contributed by atoms with Gasteiger partial charge in [-0.3, -0.25) is 4.79 Å². The molecule has 104 valence electrons. The average molecular weight is 261 g/mol. The fourth-order valence-electron chi connectivity index (χ4n) is 2.90. The molecule has 1 aromatic heterocycles. The van der Waals surface area contributed by atoms with Crippen LogP contribution in [0.15, 0.2) is 6.07 Å². The zero-order valence-electron chi connectivity index (χ0n) is 11.8. The van der Waals surface area contributed by atoms with Crippen LogP contribution < -0.4 is 11.1 Å². The van der Waals surface area contributed by atoms with E-state index in [1.165, 1.54) is 31.4 Å². The van der Waals surface area contributed by atoms with Crippen molar-refractivity contribution in [3.8, 4) is 0 Å².